The second-order valence-corrected chi connectivity index (χ2v) is 8.23. The number of aliphatic imine (C=N–C) groups is 1. The topological polar surface area (TPSA) is 54.7 Å². The van der Waals surface area contributed by atoms with Crippen LogP contribution in [0.3, 0.4) is 0 Å². The molecule has 0 aromatic carbocycles. The van der Waals surface area contributed by atoms with Crippen LogP contribution in [0.25, 0.3) is 0 Å². The van der Waals surface area contributed by atoms with Gasteiger partial charge in [0.1, 0.15) is 6.10 Å². The molecular weight excluding hydrogens is 346 g/mol. The Hall–Kier alpha value is -1.86. The van der Waals surface area contributed by atoms with Crippen molar-refractivity contribution in [3.05, 3.63) is 40.3 Å². The minimum absolute atomic E-state index is 0.0316. The van der Waals surface area contributed by atoms with E-state index in [4.69, 9.17) is 9.73 Å². The van der Waals surface area contributed by atoms with E-state index in [-0.39, 0.29) is 11.5 Å². The molecule has 1 fully saturated rings. The third-order valence-electron chi connectivity index (χ3n) is 4.61. The maximum atomic E-state index is 5.96. The molecule has 3 rings (SSSR count). The normalized spacial score (nSPS) is 19.0. The second kappa shape index (κ2) is 8.22. The van der Waals surface area contributed by atoms with Gasteiger partial charge in [-0.2, -0.15) is 5.10 Å². The van der Waals surface area contributed by atoms with E-state index in [1.807, 2.05) is 24.1 Å². The summed E-state index contributed by atoms with van der Waals surface area (Å²) in [6.07, 6.45) is 3.95. The average molecular weight is 376 g/mol. The van der Waals surface area contributed by atoms with E-state index in [2.05, 4.69) is 53.6 Å². The van der Waals surface area contributed by atoms with Crippen LogP contribution in [0.4, 0.5) is 0 Å². The van der Waals surface area contributed by atoms with Gasteiger partial charge in [-0.3, -0.25) is 9.67 Å². The Morgan fingerprint density at radius 2 is 2.35 bits per heavy atom. The predicted molar refractivity (Wildman–Crippen MR) is 107 cm³/mol. The number of hydrogen-bond donors (Lipinski definition) is 1. The van der Waals surface area contributed by atoms with Gasteiger partial charge in [-0.05, 0) is 18.4 Å². The minimum Gasteiger partial charge on any atom is -0.370 e. The Morgan fingerprint density at radius 3 is 3.00 bits per heavy atom. The molecule has 6 nitrogen and oxygen atoms in total. The third kappa shape index (κ3) is 4.45. The van der Waals surface area contributed by atoms with Crippen LogP contribution in [0.5, 0.6) is 0 Å². The number of rotatable bonds is 5. The summed E-state index contributed by atoms with van der Waals surface area (Å²) in [6, 6.07) is 4.30. The molecule has 0 spiro atoms. The molecular formula is C19H29N5OS. The number of nitrogens with zero attached hydrogens (tertiary/aromatic N) is 4. The van der Waals surface area contributed by atoms with Gasteiger partial charge < -0.3 is 15.0 Å². The molecule has 26 heavy (non-hydrogen) atoms. The van der Waals surface area contributed by atoms with Crippen LogP contribution in [0.1, 0.15) is 37.3 Å². The van der Waals surface area contributed by atoms with Crippen molar-refractivity contribution >= 4 is 17.3 Å². The Bertz CT molecular complexity index is 722. The van der Waals surface area contributed by atoms with Gasteiger partial charge in [0.15, 0.2) is 5.96 Å². The van der Waals surface area contributed by atoms with Gasteiger partial charge >= 0.3 is 0 Å². The summed E-state index contributed by atoms with van der Waals surface area (Å²) in [4.78, 5) is 8.63. The highest BCUT2D eigenvalue weighted by atomic mass is 32.1. The number of ether oxygens (including phenoxy) is 1. The smallest absolute Gasteiger partial charge is 0.194 e. The van der Waals surface area contributed by atoms with Crippen molar-refractivity contribution in [1.82, 2.24) is 20.0 Å². The SMILES string of the molecule is CCNC(=NCC(C)(C)c1cccs1)N1CCOC(c2cnn(C)c2)C1. The molecule has 7 heteroatoms. The molecule has 1 aliphatic heterocycles. The largest absolute Gasteiger partial charge is 0.370 e. The van der Waals surface area contributed by atoms with Crippen molar-refractivity contribution in [1.29, 1.82) is 0 Å². The fourth-order valence-corrected chi connectivity index (χ4v) is 3.93. The Labute approximate surface area is 159 Å². The monoisotopic (exact) mass is 375 g/mol. The number of aromatic nitrogens is 2. The molecule has 2 aromatic heterocycles. The van der Waals surface area contributed by atoms with Crippen LogP contribution in [-0.2, 0) is 17.2 Å². The maximum absolute atomic E-state index is 5.96. The molecule has 0 bridgehead atoms. The van der Waals surface area contributed by atoms with E-state index in [9.17, 15) is 0 Å². The fraction of sp³-hybridized carbons (Fsp3) is 0.579. The Kier molecular flexibility index (Phi) is 5.98. The van der Waals surface area contributed by atoms with Gasteiger partial charge in [-0.1, -0.05) is 19.9 Å². The van der Waals surface area contributed by atoms with Crippen molar-refractivity contribution in [2.45, 2.75) is 32.3 Å². The summed E-state index contributed by atoms with van der Waals surface area (Å²) in [5.74, 6) is 0.967. The third-order valence-corrected chi connectivity index (χ3v) is 5.85. The standard InChI is InChI=1S/C19H29N5OS/c1-5-20-18(21-14-19(2,3)17-7-6-10-26-17)24-8-9-25-16(13-24)15-11-22-23(4)12-15/h6-7,10-12,16H,5,8-9,13-14H2,1-4H3,(H,20,21). The number of hydrogen-bond acceptors (Lipinski definition) is 4. The molecule has 3 heterocycles. The van der Waals surface area contributed by atoms with Crippen LogP contribution >= 0.6 is 11.3 Å². The van der Waals surface area contributed by atoms with Crippen molar-refractivity contribution in [2.24, 2.45) is 12.0 Å². The lowest BCUT2D eigenvalue weighted by atomic mass is 9.92. The van der Waals surface area contributed by atoms with Gasteiger partial charge in [0.2, 0.25) is 0 Å². The van der Waals surface area contributed by atoms with Gasteiger partial charge in [-0.15, -0.1) is 11.3 Å². The molecule has 1 atom stereocenters. The molecule has 0 radical (unpaired) electrons. The number of aryl methyl sites for hydroxylation is 1. The highest BCUT2D eigenvalue weighted by Gasteiger charge is 2.26. The molecule has 1 N–H and O–H groups in total. The molecule has 142 valence electrons. The molecule has 0 aliphatic carbocycles. The van der Waals surface area contributed by atoms with Crippen molar-refractivity contribution in [3.63, 3.8) is 0 Å². The van der Waals surface area contributed by atoms with Crippen LogP contribution in [0, 0.1) is 0 Å². The van der Waals surface area contributed by atoms with E-state index in [1.54, 1.807) is 11.3 Å². The average Bonchev–Trinajstić information content (AvgIpc) is 3.31. The van der Waals surface area contributed by atoms with E-state index in [1.165, 1.54) is 4.88 Å². The lowest BCUT2D eigenvalue weighted by Crippen LogP contribution is -2.48. The number of nitrogens with one attached hydrogen (secondary N) is 1. The van der Waals surface area contributed by atoms with Crippen LogP contribution in [0.2, 0.25) is 0 Å². The van der Waals surface area contributed by atoms with Crippen molar-refractivity contribution < 1.29 is 4.74 Å². The highest BCUT2D eigenvalue weighted by Crippen LogP contribution is 2.28. The van der Waals surface area contributed by atoms with Crippen molar-refractivity contribution in [3.8, 4) is 0 Å². The molecule has 1 unspecified atom stereocenters. The van der Waals surface area contributed by atoms with Crippen molar-refractivity contribution in [2.75, 3.05) is 32.8 Å². The summed E-state index contributed by atoms with van der Waals surface area (Å²) < 4.78 is 7.78. The molecule has 0 amide bonds. The molecule has 0 saturated carbocycles. The van der Waals surface area contributed by atoms with E-state index in [0.29, 0.717) is 6.61 Å². The van der Waals surface area contributed by atoms with Crippen LogP contribution < -0.4 is 5.32 Å². The summed E-state index contributed by atoms with van der Waals surface area (Å²) in [5.41, 5.74) is 1.15. The zero-order chi connectivity index (χ0) is 18.6. The van der Waals surface area contributed by atoms with E-state index >= 15 is 0 Å². The lowest BCUT2D eigenvalue weighted by Gasteiger charge is -2.35. The lowest BCUT2D eigenvalue weighted by molar-refractivity contribution is -0.00806. The molecule has 1 saturated heterocycles. The van der Waals surface area contributed by atoms with Crippen LogP contribution in [0.15, 0.2) is 34.9 Å². The first-order valence-corrected chi connectivity index (χ1v) is 10.0. The number of morpholine rings is 1. The molecule has 1 aliphatic rings. The summed E-state index contributed by atoms with van der Waals surface area (Å²) >= 11 is 1.80. The number of thiophene rings is 1. The van der Waals surface area contributed by atoms with Crippen LogP contribution in [-0.4, -0.2) is 53.4 Å². The maximum Gasteiger partial charge on any atom is 0.194 e. The summed E-state index contributed by atoms with van der Waals surface area (Å²) in [7, 11) is 1.93. The molecule has 2 aromatic rings. The minimum atomic E-state index is 0.0316. The first-order valence-electron chi connectivity index (χ1n) is 9.17. The summed E-state index contributed by atoms with van der Waals surface area (Å²) in [6.45, 7) is 10.6. The highest BCUT2D eigenvalue weighted by molar-refractivity contribution is 7.10. The fourth-order valence-electron chi connectivity index (χ4n) is 3.09. The van der Waals surface area contributed by atoms with Gasteiger partial charge in [0.25, 0.3) is 0 Å². The predicted octanol–water partition coefficient (Wildman–Crippen LogP) is 2.80. The van der Waals surface area contributed by atoms with Gasteiger partial charge in [0, 0.05) is 42.2 Å². The quantitative estimate of drug-likeness (QED) is 0.645. The second-order valence-electron chi connectivity index (χ2n) is 7.28. The zero-order valence-electron chi connectivity index (χ0n) is 16.1. The Morgan fingerprint density at radius 1 is 1.50 bits per heavy atom. The van der Waals surface area contributed by atoms with Gasteiger partial charge in [0.05, 0.1) is 25.9 Å². The first kappa shape index (κ1) is 18.9. The first-order chi connectivity index (χ1) is 12.5. The number of guanidine groups is 1. The van der Waals surface area contributed by atoms with E-state index < -0.39 is 0 Å². The van der Waals surface area contributed by atoms with E-state index in [0.717, 1.165) is 37.7 Å². The Balaban J connectivity index is 1.72. The van der Waals surface area contributed by atoms with Gasteiger partial charge in [-0.25, -0.2) is 0 Å². The summed E-state index contributed by atoms with van der Waals surface area (Å²) in [5, 5.41) is 9.85. The zero-order valence-corrected chi connectivity index (χ0v) is 16.9.